The maximum absolute atomic E-state index is 12.0. The summed E-state index contributed by atoms with van der Waals surface area (Å²) in [7, 11) is 3.90. The monoisotopic (exact) mass is 330 g/mol. The van der Waals surface area contributed by atoms with Crippen LogP contribution in [0.3, 0.4) is 0 Å². The molecule has 0 aromatic heterocycles. The normalized spacial score (nSPS) is 10.2. The predicted molar refractivity (Wildman–Crippen MR) is 93.5 cm³/mol. The highest BCUT2D eigenvalue weighted by Crippen LogP contribution is 2.23. The van der Waals surface area contributed by atoms with E-state index in [0.29, 0.717) is 10.6 Å². The number of carbonyl (C=O) groups excluding carboxylic acids is 1. The first kappa shape index (κ1) is 16.9. The van der Waals surface area contributed by atoms with Crippen LogP contribution in [0.1, 0.15) is 10.4 Å². The van der Waals surface area contributed by atoms with E-state index < -0.39 is 5.97 Å². The summed E-state index contributed by atoms with van der Waals surface area (Å²) >= 11 is 1.21. The second-order valence-electron chi connectivity index (χ2n) is 5.08. The third-order valence-corrected chi connectivity index (χ3v) is 4.22. The van der Waals surface area contributed by atoms with Crippen molar-refractivity contribution in [3.8, 4) is 0 Å². The van der Waals surface area contributed by atoms with Gasteiger partial charge in [-0.05, 0) is 36.4 Å². The number of hydrogen-bond acceptors (Lipinski definition) is 4. The van der Waals surface area contributed by atoms with E-state index in [1.807, 2.05) is 43.3 Å². The van der Waals surface area contributed by atoms with E-state index in [0.717, 1.165) is 5.69 Å². The number of amides is 1. The van der Waals surface area contributed by atoms with Crippen LogP contribution in [-0.4, -0.2) is 36.8 Å². The average Bonchev–Trinajstić information content (AvgIpc) is 2.53. The second kappa shape index (κ2) is 7.69. The zero-order chi connectivity index (χ0) is 16.8. The molecule has 6 heteroatoms. The molecule has 1 amide bonds. The lowest BCUT2D eigenvalue weighted by atomic mass is 10.2. The molecule has 0 aliphatic heterocycles. The fourth-order valence-electron chi connectivity index (χ4n) is 1.95. The fraction of sp³-hybridized carbons (Fsp3) is 0.176. The fourth-order valence-corrected chi connectivity index (χ4v) is 2.80. The summed E-state index contributed by atoms with van der Waals surface area (Å²) < 4.78 is 0. The van der Waals surface area contributed by atoms with E-state index in [-0.39, 0.29) is 17.2 Å². The predicted octanol–water partition coefficient (Wildman–Crippen LogP) is 3.18. The number of anilines is 2. The van der Waals surface area contributed by atoms with Gasteiger partial charge in [-0.1, -0.05) is 12.1 Å². The van der Waals surface area contributed by atoms with Crippen molar-refractivity contribution in [3.63, 3.8) is 0 Å². The second-order valence-corrected chi connectivity index (χ2v) is 6.10. The maximum atomic E-state index is 12.0. The van der Waals surface area contributed by atoms with E-state index in [4.69, 9.17) is 5.11 Å². The molecule has 0 saturated heterocycles. The minimum Gasteiger partial charge on any atom is -0.478 e. The van der Waals surface area contributed by atoms with Gasteiger partial charge in [0.2, 0.25) is 5.91 Å². The highest BCUT2D eigenvalue weighted by molar-refractivity contribution is 8.00. The molecule has 2 aromatic carbocycles. The van der Waals surface area contributed by atoms with Gasteiger partial charge in [-0.3, -0.25) is 4.79 Å². The molecule has 5 nitrogen and oxygen atoms in total. The summed E-state index contributed by atoms with van der Waals surface area (Å²) in [6, 6.07) is 14.2. The minimum atomic E-state index is -0.993. The lowest BCUT2D eigenvalue weighted by molar-refractivity contribution is -0.113. The van der Waals surface area contributed by atoms with E-state index in [9.17, 15) is 9.59 Å². The molecule has 120 valence electrons. The van der Waals surface area contributed by atoms with Crippen LogP contribution < -0.4 is 10.2 Å². The lowest BCUT2D eigenvalue weighted by Crippen LogP contribution is -2.14. The van der Waals surface area contributed by atoms with Crippen molar-refractivity contribution in [3.05, 3.63) is 54.1 Å². The van der Waals surface area contributed by atoms with Crippen molar-refractivity contribution >= 4 is 35.0 Å². The molecular formula is C17H18N2O3S. The van der Waals surface area contributed by atoms with Crippen LogP contribution in [0.5, 0.6) is 0 Å². The first-order valence-corrected chi connectivity index (χ1v) is 7.98. The standard InChI is InChI=1S/C17H18N2O3S/c1-19(2)13-9-7-12(8-10-13)18-16(20)11-23-15-6-4-3-5-14(15)17(21)22/h3-10H,11H2,1-2H3,(H,18,20)(H,21,22). The van der Waals surface area contributed by atoms with E-state index in [1.54, 1.807) is 18.2 Å². The third kappa shape index (κ3) is 4.75. The molecule has 0 saturated carbocycles. The summed E-state index contributed by atoms with van der Waals surface area (Å²) in [6.45, 7) is 0. The summed E-state index contributed by atoms with van der Waals surface area (Å²) in [6.07, 6.45) is 0. The molecule has 0 spiro atoms. The van der Waals surface area contributed by atoms with Crippen LogP contribution in [0.4, 0.5) is 11.4 Å². The number of carboxylic acid groups (broad SMARTS) is 1. The first-order chi connectivity index (χ1) is 11.0. The number of thioether (sulfide) groups is 1. The zero-order valence-corrected chi connectivity index (χ0v) is 13.8. The van der Waals surface area contributed by atoms with Gasteiger partial charge in [0.1, 0.15) is 0 Å². The van der Waals surface area contributed by atoms with Gasteiger partial charge in [-0.15, -0.1) is 11.8 Å². The molecule has 0 bridgehead atoms. The van der Waals surface area contributed by atoms with Gasteiger partial charge in [-0.2, -0.15) is 0 Å². The van der Waals surface area contributed by atoms with E-state index >= 15 is 0 Å². The highest BCUT2D eigenvalue weighted by Gasteiger charge is 2.11. The van der Waals surface area contributed by atoms with Crippen molar-refractivity contribution in [1.82, 2.24) is 0 Å². The van der Waals surface area contributed by atoms with Gasteiger partial charge in [0.05, 0.1) is 11.3 Å². The highest BCUT2D eigenvalue weighted by atomic mass is 32.2. The van der Waals surface area contributed by atoms with Crippen molar-refractivity contribution in [2.45, 2.75) is 4.90 Å². The Balaban J connectivity index is 1.94. The molecule has 23 heavy (non-hydrogen) atoms. The smallest absolute Gasteiger partial charge is 0.336 e. The molecule has 2 aromatic rings. The number of benzene rings is 2. The van der Waals surface area contributed by atoms with Crippen molar-refractivity contribution in [1.29, 1.82) is 0 Å². The van der Waals surface area contributed by atoms with Gasteiger partial charge >= 0.3 is 5.97 Å². The molecule has 0 aliphatic rings. The average molecular weight is 330 g/mol. The maximum Gasteiger partial charge on any atom is 0.336 e. The Morgan fingerprint density at radius 2 is 1.74 bits per heavy atom. The van der Waals surface area contributed by atoms with Gasteiger partial charge in [0, 0.05) is 30.4 Å². The van der Waals surface area contributed by atoms with Crippen molar-refractivity contribution in [2.75, 3.05) is 30.1 Å². The Hall–Kier alpha value is -2.47. The first-order valence-electron chi connectivity index (χ1n) is 6.99. The Bertz CT molecular complexity index is 699. The van der Waals surface area contributed by atoms with Crippen LogP contribution in [-0.2, 0) is 4.79 Å². The Labute approximate surface area is 139 Å². The van der Waals surface area contributed by atoms with Crippen molar-refractivity contribution < 1.29 is 14.7 Å². The Morgan fingerprint density at radius 3 is 2.35 bits per heavy atom. The van der Waals surface area contributed by atoms with Crippen LogP contribution in [0.2, 0.25) is 0 Å². The molecule has 0 aliphatic carbocycles. The lowest BCUT2D eigenvalue weighted by Gasteiger charge is -2.13. The molecule has 0 atom stereocenters. The molecular weight excluding hydrogens is 312 g/mol. The Kier molecular flexibility index (Phi) is 5.65. The SMILES string of the molecule is CN(C)c1ccc(NC(=O)CSc2ccccc2C(=O)O)cc1. The molecule has 0 unspecified atom stereocenters. The third-order valence-electron chi connectivity index (χ3n) is 3.14. The minimum absolute atomic E-state index is 0.153. The molecule has 0 heterocycles. The topological polar surface area (TPSA) is 69.6 Å². The summed E-state index contributed by atoms with van der Waals surface area (Å²) in [5.74, 6) is -1.01. The van der Waals surface area contributed by atoms with Crippen LogP contribution in [0.15, 0.2) is 53.4 Å². The van der Waals surface area contributed by atoms with Gasteiger partial charge in [0.25, 0.3) is 0 Å². The number of nitrogens with zero attached hydrogens (tertiary/aromatic N) is 1. The summed E-state index contributed by atoms with van der Waals surface area (Å²) in [5, 5.41) is 11.9. The largest absolute Gasteiger partial charge is 0.478 e. The molecule has 2 N–H and O–H groups in total. The number of nitrogens with one attached hydrogen (secondary N) is 1. The molecule has 0 fully saturated rings. The van der Waals surface area contributed by atoms with Gasteiger partial charge in [0.15, 0.2) is 0 Å². The van der Waals surface area contributed by atoms with Gasteiger partial charge < -0.3 is 15.3 Å². The number of rotatable bonds is 6. The summed E-state index contributed by atoms with van der Waals surface area (Å²) in [5.41, 5.74) is 1.97. The number of carbonyl (C=O) groups is 2. The Morgan fingerprint density at radius 1 is 1.09 bits per heavy atom. The van der Waals surface area contributed by atoms with Gasteiger partial charge in [-0.25, -0.2) is 4.79 Å². The quantitative estimate of drug-likeness (QED) is 0.796. The molecule has 2 rings (SSSR count). The molecule has 0 radical (unpaired) electrons. The number of carboxylic acids is 1. The van der Waals surface area contributed by atoms with E-state index in [2.05, 4.69) is 5.32 Å². The van der Waals surface area contributed by atoms with Crippen molar-refractivity contribution in [2.24, 2.45) is 0 Å². The zero-order valence-electron chi connectivity index (χ0n) is 12.9. The number of aromatic carboxylic acids is 1. The van der Waals surface area contributed by atoms with Crippen LogP contribution in [0, 0.1) is 0 Å². The van der Waals surface area contributed by atoms with Crippen LogP contribution in [0.25, 0.3) is 0 Å². The summed E-state index contributed by atoms with van der Waals surface area (Å²) in [4.78, 5) is 25.7. The van der Waals surface area contributed by atoms with Crippen LogP contribution >= 0.6 is 11.8 Å². The number of hydrogen-bond donors (Lipinski definition) is 2. The van der Waals surface area contributed by atoms with E-state index in [1.165, 1.54) is 17.8 Å².